The first-order valence-electron chi connectivity index (χ1n) is 7.19. The smallest absolute Gasteiger partial charge is 0.399 e. The number of hydrogen-bond acceptors (Lipinski definition) is 2. The van der Waals surface area contributed by atoms with Crippen LogP contribution in [0, 0.1) is 13.8 Å². The molecule has 0 aliphatic carbocycles. The van der Waals surface area contributed by atoms with E-state index in [0.717, 1.165) is 36.4 Å². The van der Waals surface area contributed by atoms with E-state index in [1.54, 1.807) is 0 Å². The first kappa shape index (κ1) is 19.0. The van der Waals surface area contributed by atoms with E-state index in [4.69, 9.17) is 11.5 Å². The summed E-state index contributed by atoms with van der Waals surface area (Å²) in [5.41, 5.74) is 5.97. The zero-order chi connectivity index (χ0) is 19.2. The summed E-state index contributed by atoms with van der Waals surface area (Å²) in [5.74, 6) is -5.68. The van der Waals surface area contributed by atoms with E-state index in [-0.39, 0.29) is 22.5 Å². The molecule has 0 radical (unpaired) electrons. The van der Waals surface area contributed by atoms with Gasteiger partial charge in [-0.05, 0) is 37.1 Å². The van der Waals surface area contributed by atoms with E-state index >= 15 is 4.39 Å². The maximum absolute atomic E-state index is 15.6. The fourth-order valence-electron chi connectivity index (χ4n) is 2.50. The van der Waals surface area contributed by atoms with Crippen molar-refractivity contribution in [1.29, 1.82) is 0 Å². The number of alkyl halides is 6. The lowest BCUT2D eigenvalue weighted by Crippen LogP contribution is -2.53. The van der Waals surface area contributed by atoms with Crippen molar-refractivity contribution in [3.8, 4) is 0 Å². The van der Waals surface area contributed by atoms with Crippen LogP contribution in [0.2, 0.25) is 0 Å². The number of rotatable bonds is 3. The molecule has 8 heteroatoms. The summed E-state index contributed by atoms with van der Waals surface area (Å²) in [5, 5.41) is 0. The van der Waals surface area contributed by atoms with E-state index in [1.807, 2.05) is 0 Å². The van der Waals surface area contributed by atoms with Gasteiger partial charge in [0.1, 0.15) is 0 Å². The van der Waals surface area contributed by atoms with Gasteiger partial charge in [0, 0.05) is 22.5 Å². The fraction of sp³-hybridized carbons (Fsp3) is 0.294. The minimum atomic E-state index is -6.10. The lowest BCUT2D eigenvalue weighted by molar-refractivity contribution is -0.323. The maximum atomic E-state index is 15.6. The second-order valence-corrected chi connectivity index (χ2v) is 5.87. The van der Waals surface area contributed by atoms with Gasteiger partial charge in [-0.2, -0.15) is 22.0 Å². The predicted molar refractivity (Wildman–Crippen MR) is 84.1 cm³/mol. The predicted octanol–water partition coefficient (Wildman–Crippen LogP) is 4.88. The van der Waals surface area contributed by atoms with Crippen molar-refractivity contribution in [1.82, 2.24) is 0 Å². The molecular weight excluding hydrogens is 346 g/mol. The molecule has 4 N–H and O–H groups in total. The van der Waals surface area contributed by atoms with Crippen LogP contribution >= 0.6 is 0 Å². The zero-order valence-electron chi connectivity index (χ0n) is 13.4. The van der Waals surface area contributed by atoms with Gasteiger partial charge in [0.25, 0.3) is 0 Å². The third-order valence-electron chi connectivity index (χ3n) is 4.12. The monoisotopic (exact) mass is 362 g/mol. The lowest BCUT2D eigenvalue weighted by atomic mass is 9.81. The summed E-state index contributed by atoms with van der Waals surface area (Å²) in [4.78, 5) is 0. The molecule has 2 rings (SSSR count). The second-order valence-electron chi connectivity index (χ2n) is 5.87. The molecule has 0 spiro atoms. The minimum Gasteiger partial charge on any atom is -0.399 e. The molecule has 2 nitrogen and oxygen atoms in total. The highest BCUT2D eigenvalue weighted by Crippen LogP contribution is 2.54. The second kappa shape index (κ2) is 5.86. The molecule has 0 unspecified atom stereocenters. The third kappa shape index (κ3) is 2.89. The number of anilines is 2. The first-order valence-corrected chi connectivity index (χ1v) is 7.19. The molecule has 0 amide bonds. The van der Waals surface area contributed by atoms with Gasteiger partial charge in [-0.1, -0.05) is 24.3 Å². The lowest BCUT2D eigenvalue weighted by Gasteiger charge is -2.36. The Morgan fingerprint density at radius 3 is 1.32 bits per heavy atom. The van der Waals surface area contributed by atoms with Crippen LogP contribution in [-0.2, 0) is 5.67 Å². The Balaban J connectivity index is 2.83. The Morgan fingerprint density at radius 2 is 1.04 bits per heavy atom. The summed E-state index contributed by atoms with van der Waals surface area (Å²) in [7, 11) is 0. The van der Waals surface area contributed by atoms with E-state index in [1.165, 1.54) is 13.8 Å². The van der Waals surface area contributed by atoms with E-state index in [2.05, 4.69) is 0 Å². The molecule has 0 aliphatic heterocycles. The number of aryl methyl sites for hydroxylation is 2. The molecule has 0 heterocycles. The SMILES string of the molecule is Cc1cc(C(F)(c2ccc(N)c(C)c2)C(F)(F)C(F)(F)F)ccc1N. The average Bonchev–Trinajstić information content (AvgIpc) is 2.50. The highest BCUT2D eigenvalue weighted by atomic mass is 19.4. The molecule has 25 heavy (non-hydrogen) atoms. The Labute approximate surface area is 140 Å². The van der Waals surface area contributed by atoms with Crippen LogP contribution in [0.25, 0.3) is 0 Å². The van der Waals surface area contributed by atoms with Gasteiger partial charge in [-0.15, -0.1) is 0 Å². The Bertz CT molecular complexity index is 747. The number of benzene rings is 2. The minimum absolute atomic E-state index is 0.148. The van der Waals surface area contributed by atoms with Crippen LogP contribution in [0.1, 0.15) is 22.3 Å². The van der Waals surface area contributed by atoms with E-state index in [9.17, 15) is 22.0 Å². The van der Waals surface area contributed by atoms with E-state index < -0.39 is 28.9 Å². The van der Waals surface area contributed by atoms with Crippen molar-refractivity contribution in [2.45, 2.75) is 31.6 Å². The van der Waals surface area contributed by atoms with Gasteiger partial charge >= 0.3 is 12.1 Å². The fourth-order valence-corrected chi connectivity index (χ4v) is 2.50. The van der Waals surface area contributed by atoms with Crippen LogP contribution in [0.3, 0.4) is 0 Å². The normalized spacial score (nSPS) is 13.1. The summed E-state index contributed by atoms with van der Waals surface area (Å²) in [6.45, 7) is 2.78. The highest BCUT2D eigenvalue weighted by molar-refractivity contribution is 5.54. The van der Waals surface area contributed by atoms with Crippen molar-refractivity contribution in [2.75, 3.05) is 11.5 Å². The van der Waals surface area contributed by atoms with Gasteiger partial charge in [-0.25, -0.2) is 4.39 Å². The number of halogens is 6. The molecule has 0 aromatic heterocycles. The van der Waals surface area contributed by atoms with Crippen molar-refractivity contribution in [3.63, 3.8) is 0 Å². The zero-order valence-corrected chi connectivity index (χ0v) is 13.4. The summed E-state index contributed by atoms with van der Waals surface area (Å²) >= 11 is 0. The van der Waals surface area contributed by atoms with Gasteiger partial charge in [0.05, 0.1) is 0 Å². The molecule has 0 fully saturated rings. The number of hydrogen-bond donors (Lipinski definition) is 2. The standard InChI is InChI=1S/C17H16F6N2/c1-9-7-11(3-5-13(9)24)15(18,16(19,20)17(21,22)23)12-4-6-14(25)10(2)8-12/h3-8H,24-25H2,1-2H3. The van der Waals surface area contributed by atoms with Crippen molar-refractivity contribution < 1.29 is 26.3 Å². The molecule has 0 atom stereocenters. The van der Waals surface area contributed by atoms with Gasteiger partial charge in [-0.3, -0.25) is 0 Å². The number of nitrogen functional groups attached to an aromatic ring is 2. The van der Waals surface area contributed by atoms with Crippen LogP contribution in [0.4, 0.5) is 37.7 Å². The molecule has 136 valence electrons. The summed E-state index contributed by atoms with van der Waals surface area (Å²) in [6, 6.07) is 5.62. The van der Waals surface area contributed by atoms with Crippen LogP contribution in [0.15, 0.2) is 36.4 Å². The molecule has 2 aromatic rings. The molecule has 0 aliphatic rings. The summed E-state index contributed by atoms with van der Waals surface area (Å²) < 4.78 is 83.2. The van der Waals surface area contributed by atoms with Gasteiger partial charge < -0.3 is 11.5 Å². The van der Waals surface area contributed by atoms with Crippen molar-refractivity contribution in [2.24, 2.45) is 0 Å². The van der Waals surface area contributed by atoms with Crippen molar-refractivity contribution >= 4 is 11.4 Å². The van der Waals surface area contributed by atoms with Crippen molar-refractivity contribution in [3.05, 3.63) is 58.7 Å². The Hall–Kier alpha value is -2.38. The summed E-state index contributed by atoms with van der Waals surface area (Å²) in [6.07, 6.45) is -6.10. The maximum Gasteiger partial charge on any atom is 0.457 e. The van der Waals surface area contributed by atoms with Gasteiger partial charge in [0.2, 0.25) is 5.67 Å². The van der Waals surface area contributed by atoms with Gasteiger partial charge in [0.15, 0.2) is 0 Å². The molecular formula is C17H16F6N2. The Kier molecular flexibility index (Phi) is 4.44. The van der Waals surface area contributed by atoms with Crippen LogP contribution < -0.4 is 11.5 Å². The average molecular weight is 362 g/mol. The van der Waals surface area contributed by atoms with Crippen LogP contribution in [-0.4, -0.2) is 12.1 Å². The molecule has 0 bridgehead atoms. The molecule has 0 saturated heterocycles. The third-order valence-corrected chi connectivity index (χ3v) is 4.12. The van der Waals surface area contributed by atoms with E-state index in [0.29, 0.717) is 0 Å². The first-order chi connectivity index (χ1) is 11.3. The quantitative estimate of drug-likeness (QED) is 0.604. The highest BCUT2D eigenvalue weighted by Gasteiger charge is 2.72. The number of nitrogens with two attached hydrogens (primary N) is 2. The topological polar surface area (TPSA) is 52.0 Å². The molecule has 0 saturated carbocycles. The van der Waals surface area contributed by atoms with Crippen LogP contribution in [0.5, 0.6) is 0 Å². The molecule has 2 aromatic carbocycles. The largest absolute Gasteiger partial charge is 0.457 e. The Morgan fingerprint density at radius 1 is 0.680 bits per heavy atom.